The third-order valence-corrected chi connectivity index (χ3v) is 4.08. The van der Waals surface area contributed by atoms with Gasteiger partial charge in [-0.15, -0.1) is 0 Å². The number of amides is 2. The Morgan fingerprint density at radius 3 is 2.55 bits per heavy atom. The Bertz CT molecular complexity index is 614. The van der Waals surface area contributed by atoms with Crippen LogP contribution in [0.1, 0.15) is 31.4 Å². The Labute approximate surface area is 122 Å². The highest BCUT2D eigenvalue weighted by Gasteiger charge is 2.37. The molecule has 2 rings (SSSR count). The standard InChI is InChI=1S/C15H14N2O2S/c1-3-10(2)17-14(18)13(20-15(17)19)8-11-4-6-12(9-16)7-5-11/h4-8,10H,3H2,1-2H3/b13-8+/t10-/m0/s1. The minimum Gasteiger partial charge on any atom is -0.268 e. The Hall–Kier alpha value is -2.06. The maximum Gasteiger partial charge on any atom is 0.293 e. The number of hydrogen-bond acceptors (Lipinski definition) is 4. The van der Waals surface area contributed by atoms with Crippen molar-refractivity contribution in [3.8, 4) is 6.07 Å². The van der Waals surface area contributed by atoms with Crippen molar-refractivity contribution in [3.05, 3.63) is 40.3 Å². The van der Waals surface area contributed by atoms with Crippen LogP contribution in [0.3, 0.4) is 0 Å². The van der Waals surface area contributed by atoms with Gasteiger partial charge in [-0.3, -0.25) is 14.5 Å². The predicted octanol–water partition coefficient (Wildman–Crippen LogP) is 3.39. The Morgan fingerprint density at radius 1 is 1.35 bits per heavy atom. The van der Waals surface area contributed by atoms with E-state index >= 15 is 0 Å². The molecule has 2 amide bonds. The van der Waals surface area contributed by atoms with Crippen molar-refractivity contribution >= 4 is 29.0 Å². The first-order valence-electron chi connectivity index (χ1n) is 6.34. The molecule has 4 nitrogen and oxygen atoms in total. The molecule has 0 N–H and O–H groups in total. The van der Waals surface area contributed by atoms with E-state index in [1.54, 1.807) is 30.3 Å². The van der Waals surface area contributed by atoms with Crippen molar-refractivity contribution in [2.45, 2.75) is 26.3 Å². The molecule has 0 radical (unpaired) electrons. The van der Waals surface area contributed by atoms with Crippen molar-refractivity contribution < 1.29 is 9.59 Å². The highest BCUT2D eigenvalue weighted by Crippen LogP contribution is 2.34. The molecule has 1 aliphatic heterocycles. The summed E-state index contributed by atoms with van der Waals surface area (Å²) in [4.78, 5) is 25.8. The first kappa shape index (κ1) is 14.4. The lowest BCUT2D eigenvalue weighted by molar-refractivity contribution is -0.124. The van der Waals surface area contributed by atoms with Gasteiger partial charge in [-0.1, -0.05) is 19.1 Å². The number of benzene rings is 1. The van der Waals surface area contributed by atoms with Gasteiger partial charge in [0.2, 0.25) is 0 Å². The molecule has 1 aromatic rings. The van der Waals surface area contributed by atoms with E-state index in [-0.39, 0.29) is 17.2 Å². The SMILES string of the molecule is CC[C@H](C)N1C(=O)S/C(=C/c2ccc(C#N)cc2)C1=O. The van der Waals surface area contributed by atoms with E-state index < -0.39 is 0 Å². The summed E-state index contributed by atoms with van der Waals surface area (Å²) in [6.07, 6.45) is 2.43. The molecular formula is C15H14N2O2S. The van der Waals surface area contributed by atoms with Crippen LogP contribution in [-0.4, -0.2) is 22.1 Å². The molecule has 5 heteroatoms. The van der Waals surface area contributed by atoms with Gasteiger partial charge in [-0.2, -0.15) is 5.26 Å². The van der Waals surface area contributed by atoms with Gasteiger partial charge < -0.3 is 0 Å². The van der Waals surface area contributed by atoms with E-state index in [0.29, 0.717) is 10.5 Å². The molecule has 1 aromatic carbocycles. The normalized spacial score (nSPS) is 18.4. The van der Waals surface area contributed by atoms with Crippen molar-refractivity contribution in [2.75, 3.05) is 0 Å². The Balaban J connectivity index is 2.25. The van der Waals surface area contributed by atoms with Crippen LogP contribution in [0.5, 0.6) is 0 Å². The zero-order valence-electron chi connectivity index (χ0n) is 11.3. The molecule has 1 atom stereocenters. The van der Waals surface area contributed by atoms with Gasteiger partial charge in [0.05, 0.1) is 16.5 Å². The van der Waals surface area contributed by atoms with Crippen LogP contribution in [0.2, 0.25) is 0 Å². The quantitative estimate of drug-likeness (QED) is 0.799. The third kappa shape index (κ3) is 2.75. The smallest absolute Gasteiger partial charge is 0.268 e. The molecule has 1 aliphatic rings. The van der Waals surface area contributed by atoms with E-state index in [1.807, 2.05) is 19.9 Å². The molecule has 102 valence electrons. The van der Waals surface area contributed by atoms with Crippen LogP contribution in [-0.2, 0) is 4.79 Å². The summed E-state index contributed by atoms with van der Waals surface area (Å²) in [5, 5.41) is 8.52. The number of hydrogen-bond donors (Lipinski definition) is 0. The van der Waals surface area contributed by atoms with E-state index in [2.05, 4.69) is 0 Å². The zero-order chi connectivity index (χ0) is 14.7. The number of imide groups is 1. The second-order valence-electron chi connectivity index (χ2n) is 4.54. The van der Waals surface area contributed by atoms with Gasteiger partial charge >= 0.3 is 0 Å². The fourth-order valence-electron chi connectivity index (χ4n) is 1.85. The van der Waals surface area contributed by atoms with E-state index in [1.165, 1.54) is 4.90 Å². The zero-order valence-corrected chi connectivity index (χ0v) is 12.1. The lowest BCUT2D eigenvalue weighted by Crippen LogP contribution is -2.36. The predicted molar refractivity (Wildman–Crippen MR) is 78.7 cm³/mol. The van der Waals surface area contributed by atoms with Crippen LogP contribution in [0, 0.1) is 11.3 Å². The summed E-state index contributed by atoms with van der Waals surface area (Å²) < 4.78 is 0. The minimum absolute atomic E-state index is 0.0886. The third-order valence-electron chi connectivity index (χ3n) is 3.19. The summed E-state index contributed by atoms with van der Waals surface area (Å²) >= 11 is 0.964. The van der Waals surface area contributed by atoms with Gasteiger partial charge in [0.1, 0.15) is 0 Å². The number of rotatable bonds is 3. The molecule has 1 saturated heterocycles. The largest absolute Gasteiger partial charge is 0.293 e. The van der Waals surface area contributed by atoms with Gasteiger partial charge in [0.15, 0.2) is 0 Å². The van der Waals surface area contributed by atoms with Gasteiger partial charge in [0, 0.05) is 6.04 Å². The second-order valence-corrected chi connectivity index (χ2v) is 5.54. The molecule has 0 unspecified atom stereocenters. The molecule has 0 bridgehead atoms. The van der Waals surface area contributed by atoms with Crippen molar-refractivity contribution in [1.29, 1.82) is 5.26 Å². The van der Waals surface area contributed by atoms with Crippen LogP contribution in [0.4, 0.5) is 4.79 Å². The summed E-state index contributed by atoms with van der Waals surface area (Å²) in [6, 6.07) is 8.84. The van der Waals surface area contributed by atoms with Crippen molar-refractivity contribution in [3.63, 3.8) is 0 Å². The van der Waals surface area contributed by atoms with Crippen molar-refractivity contribution in [2.24, 2.45) is 0 Å². The lowest BCUT2D eigenvalue weighted by Gasteiger charge is -2.19. The number of nitrogens with zero attached hydrogens (tertiary/aromatic N) is 2. The second kappa shape index (κ2) is 5.93. The topological polar surface area (TPSA) is 61.2 Å². The van der Waals surface area contributed by atoms with E-state index in [9.17, 15) is 9.59 Å². The molecular weight excluding hydrogens is 272 g/mol. The van der Waals surface area contributed by atoms with E-state index in [0.717, 1.165) is 23.7 Å². The average Bonchev–Trinajstić information content (AvgIpc) is 2.73. The molecule has 1 heterocycles. The minimum atomic E-state index is -0.237. The number of carbonyl (C=O) groups is 2. The van der Waals surface area contributed by atoms with Gasteiger partial charge in [-0.25, -0.2) is 0 Å². The van der Waals surface area contributed by atoms with Crippen molar-refractivity contribution in [1.82, 2.24) is 4.90 Å². The number of thioether (sulfide) groups is 1. The molecule has 0 aliphatic carbocycles. The average molecular weight is 286 g/mol. The summed E-state index contributed by atoms with van der Waals surface area (Å²) in [7, 11) is 0. The first-order chi connectivity index (χ1) is 9.56. The summed E-state index contributed by atoms with van der Waals surface area (Å²) in [6.45, 7) is 3.80. The van der Waals surface area contributed by atoms with Crippen LogP contribution >= 0.6 is 11.8 Å². The summed E-state index contributed by atoms with van der Waals surface area (Å²) in [5.41, 5.74) is 1.37. The highest BCUT2D eigenvalue weighted by atomic mass is 32.2. The van der Waals surface area contributed by atoms with Crippen LogP contribution < -0.4 is 0 Å². The van der Waals surface area contributed by atoms with Gasteiger partial charge in [0.25, 0.3) is 11.1 Å². The maximum atomic E-state index is 12.2. The fraction of sp³-hybridized carbons (Fsp3) is 0.267. The first-order valence-corrected chi connectivity index (χ1v) is 7.15. The van der Waals surface area contributed by atoms with Crippen LogP contribution in [0.25, 0.3) is 6.08 Å². The molecule has 0 spiro atoms. The van der Waals surface area contributed by atoms with E-state index in [4.69, 9.17) is 5.26 Å². The van der Waals surface area contributed by atoms with Crippen LogP contribution in [0.15, 0.2) is 29.2 Å². The fourth-order valence-corrected chi connectivity index (χ4v) is 2.78. The summed E-state index contributed by atoms with van der Waals surface area (Å²) in [5.74, 6) is -0.237. The van der Waals surface area contributed by atoms with Gasteiger partial charge in [-0.05, 0) is 48.9 Å². The Kier molecular flexibility index (Phi) is 4.26. The maximum absolute atomic E-state index is 12.2. The molecule has 1 fully saturated rings. The number of nitriles is 1. The molecule has 0 aromatic heterocycles. The monoisotopic (exact) mass is 286 g/mol. The lowest BCUT2D eigenvalue weighted by atomic mass is 10.1. The molecule has 0 saturated carbocycles. The Morgan fingerprint density at radius 2 is 2.00 bits per heavy atom. The number of carbonyl (C=O) groups excluding carboxylic acids is 2. The molecule has 20 heavy (non-hydrogen) atoms. The highest BCUT2D eigenvalue weighted by molar-refractivity contribution is 8.18.